The molecule has 3 nitrogen and oxygen atoms in total. The van der Waals surface area contributed by atoms with Gasteiger partial charge in [-0.3, -0.25) is 4.79 Å². The van der Waals surface area contributed by atoms with Crippen molar-refractivity contribution in [2.45, 2.75) is 116 Å². The first-order valence-electron chi connectivity index (χ1n) is 12.1. The lowest BCUT2D eigenvalue weighted by molar-refractivity contribution is -0.137. The highest BCUT2D eigenvalue weighted by Crippen LogP contribution is 2.13. The Morgan fingerprint density at radius 2 is 1.14 bits per heavy atom. The Morgan fingerprint density at radius 3 is 1.52 bits per heavy atom. The lowest BCUT2D eigenvalue weighted by Crippen LogP contribution is -2.04. The molecule has 0 atom stereocenters. The SMILES string of the molecule is CCCCCCCCCCCCCCCCCC(=O)O.CNCc1ccccc1. The monoisotopic (exact) mass is 405 g/mol. The van der Waals surface area contributed by atoms with Gasteiger partial charge >= 0.3 is 5.97 Å². The normalized spacial score (nSPS) is 10.4. The molecule has 0 aliphatic heterocycles. The number of carboxylic acid groups (broad SMARTS) is 1. The minimum absolute atomic E-state index is 0.345. The van der Waals surface area contributed by atoms with Gasteiger partial charge in [0.05, 0.1) is 0 Å². The zero-order valence-electron chi connectivity index (χ0n) is 19.3. The number of nitrogens with one attached hydrogen (secondary N) is 1. The Labute approximate surface area is 180 Å². The molecule has 0 aromatic heterocycles. The van der Waals surface area contributed by atoms with Crippen LogP contribution in [0.15, 0.2) is 30.3 Å². The predicted octanol–water partition coefficient (Wildman–Crippen LogP) is 7.74. The van der Waals surface area contributed by atoms with E-state index in [2.05, 4.69) is 24.4 Å². The van der Waals surface area contributed by atoms with Crippen molar-refractivity contribution in [3.05, 3.63) is 35.9 Å². The highest BCUT2D eigenvalue weighted by atomic mass is 16.4. The van der Waals surface area contributed by atoms with Gasteiger partial charge in [-0.25, -0.2) is 0 Å². The summed E-state index contributed by atoms with van der Waals surface area (Å²) in [4.78, 5) is 10.3. The third-order valence-corrected chi connectivity index (χ3v) is 5.22. The summed E-state index contributed by atoms with van der Waals surface area (Å²) in [5, 5.41) is 11.6. The largest absolute Gasteiger partial charge is 0.481 e. The van der Waals surface area contributed by atoms with Crippen LogP contribution in [-0.2, 0) is 11.3 Å². The van der Waals surface area contributed by atoms with Gasteiger partial charge in [-0.1, -0.05) is 127 Å². The first-order chi connectivity index (χ1) is 14.2. The zero-order chi connectivity index (χ0) is 21.4. The highest BCUT2D eigenvalue weighted by Gasteiger charge is 1.97. The van der Waals surface area contributed by atoms with Crippen molar-refractivity contribution in [1.29, 1.82) is 0 Å². The van der Waals surface area contributed by atoms with Crippen LogP contribution in [0.5, 0.6) is 0 Å². The molecule has 168 valence electrons. The Bertz CT molecular complexity index is 447. The fourth-order valence-corrected chi connectivity index (χ4v) is 3.45. The van der Waals surface area contributed by atoms with Crippen molar-refractivity contribution in [3.8, 4) is 0 Å². The molecule has 0 radical (unpaired) electrons. The standard InChI is InChI=1S/C18H36O2.C8H11N/c1-2-3-4-5-6-7-8-9-10-11-12-13-14-15-16-17-18(19)20;1-9-7-8-5-3-2-4-6-8/h2-17H2,1H3,(H,19,20);2-6,9H,7H2,1H3. The van der Waals surface area contributed by atoms with E-state index in [9.17, 15) is 4.79 Å². The lowest BCUT2D eigenvalue weighted by Gasteiger charge is -2.03. The molecule has 3 heteroatoms. The number of aliphatic carboxylic acids is 1. The van der Waals surface area contributed by atoms with Crippen molar-refractivity contribution < 1.29 is 9.90 Å². The number of carboxylic acids is 1. The van der Waals surface area contributed by atoms with Gasteiger partial charge in [-0.05, 0) is 19.0 Å². The van der Waals surface area contributed by atoms with Crippen LogP contribution < -0.4 is 5.32 Å². The molecule has 0 heterocycles. The van der Waals surface area contributed by atoms with Crippen LogP contribution in [0, 0.1) is 0 Å². The zero-order valence-corrected chi connectivity index (χ0v) is 19.3. The Kier molecular flexibility index (Phi) is 21.9. The molecule has 1 aromatic carbocycles. The fraction of sp³-hybridized carbons (Fsp3) is 0.731. The van der Waals surface area contributed by atoms with Crippen LogP contribution in [0.25, 0.3) is 0 Å². The first-order valence-corrected chi connectivity index (χ1v) is 12.1. The molecule has 0 fully saturated rings. The van der Waals surface area contributed by atoms with E-state index in [0.29, 0.717) is 6.42 Å². The molecule has 0 saturated carbocycles. The van der Waals surface area contributed by atoms with Gasteiger partial charge in [0.1, 0.15) is 0 Å². The summed E-state index contributed by atoms with van der Waals surface area (Å²) in [5.74, 6) is -0.653. The fourth-order valence-electron chi connectivity index (χ4n) is 3.45. The van der Waals surface area contributed by atoms with Gasteiger partial charge in [-0.2, -0.15) is 0 Å². The van der Waals surface area contributed by atoms with Crippen LogP contribution in [0.4, 0.5) is 0 Å². The number of carbonyl (C=O) groups is 1. The maximum atomic E-state index is 10.3. The predicted molar refractivity (Wildman–Crippen MR) is 126 cm³/mol. The quantitative estimate of drug-likeness (QED) is 0.246. The number of rotatable bonds is 18. The maximum absolute atomic E-state index is 10.3. The molecule has 0 spiro atoms. The molecule has 1 rings (SSSR count). The number of hydrogen-bond acceptors (Lipinski definition) is 2. The van der Waals surface area contributed by atoms with E-state index < -0.39 is 5.97 Å². The molecular weight excluding hydrogens is 358 g/mol. The average molecular weight is 406 g/mol. The van der Waals surface area contributed by atoms with E-state index in [1.54, 1.807) is 0 Å². The van der Waals surface area contributed by atoms with Gasteiger partial charge in [0, 0.05) is 13.0 Å². The molecule has 1 aromatic rings. The summed E-state index contributed by atoms with van der Waals surface area (Å²) < 4.78 is 0. The van der Waals surface area contributed by atoms with Crippen LogP contribution in [0.3, 0.4) is 0 Å². The van der Waals surface area contributed by atoms with E-state index in [0.717, 1.165) is 19.4 Å². The highest BCUT2D eigenvalue weighted by molar-refractivity contribution is 5.66. The maximum Gasteiger partial charge on any atom is 0.303 e. The van der Waals surface area contributed by atoms with Crippen molar-refractivity contribution in [1.82, 2.24) is 5.32 Å². The third kappa shape index (κ3) is 22.8. The van der Waals surface area contributed by atoms with Crippen molar-refractivity contribution in [3.63, 3.8) is 0 Å². The van der Waals surface area contributed by atoms with Gasteiger partial charge < -0.3 is 10.4 Å². The molecule has 0 aliphatic carbocycles. The van der Waals surface area contributed by atoms with Gasteiger partial charge in [0.25, 0.3) is 0 Å². The first kappa shape index (κ1) is 27.6. The topological polar surface area (TPSA) is 49.3 Å². The Morgan fingerprint density at radius 1 is 0.724 bits per heavy atom. The smallest absolute Gasteiger partial charge is 0.303 e. The number of unbranched alkanes of at least 4 members (excludes halogenated alkanes) is 14. The van der Waals surface area contributed by atoms with E-state index in [-0.39, 0.29) is 0 Å². The van der Waals surface area contributed by atoms with Gasteiger partial charge in [0.15, 0.2) is 0 Å². The number of benzene rings is 1. The number of hydrogen-bond donors (Lipinski definition) is 2. The Balaban J connectivity index is 0.000000717. The van der Waals surface area contributed by atoms with Crippen molar-refractivity contribution >= 4 is 5.97 Å². The minimum Gasteiger partial charge on any atom is -0.481 e. The van der Waals surface area contributed by atoms with E-state index >= 15 is 0 Å². The van der Waals surface area contributed by atoms with Crippen LogP contribution in [0.2, 0.25) is 0 Å². The minimum atomic E-state index is -0.653. The average Bonchev–Trinajstić information content (AvgIpc) is 2.72. The summed E-state index contributed by atoms with van der Waals surface area (Å²) in [6, 6.07) is 10.3. The summed E-state index contributed by atoms with van der Waals surface area (Å²) >= 11 is 0. The van der Waals surface area contributed by atoms with E-state index in [4.69, 9.17) is 5.11 Å². The second-order valence-corrected chi connectivity index (χ2v) is 8.11. The summed E-state index contributed by atoms with van der Waals surface area (Å²) in [7, 11) is 1.95. The third-order valence-electron chi connectivity index (χ3n) is 5.22. The van der Waals surface area contributed by atoms with Crippen LogP contribution >= 0.6 is 0 Å². The van der Waals surface area contributed by atoms with Crippen LogP contribution in [0.1, 0.15) is 115 Å². The molecule has 2 N–H and O–H groups in total. The van der Waals surface area contributed by atoms with E-state index in [1.807, 2.05) is 25.2 Å². The summed E-state index contributed by atoms with van der Waals surface area (Å²) in [6.07, 6.45) is 20.2. The van der Waals surface area contributed by atoms with E-state index in [1.165, 1.54) is 89.0 Å². The molecule has 0 unspecified atom stereocenters. The molecule has 0 saturated heterocycles. The lowest BCUT2D eigenvalue weighted by atomic mass is 10.0. The molecule has 0 bridgehead atoms. The van der Waals surface area contributed by atoms with Crippen molar-refractivity contribution in [2.75, 3.05) is 7.05 Å². The Hall–Kier alpha value is -1.35. The van der Waals surface area contributed by atoms with Gasteiger partial charge in [-0.15, -0.1) is 0 Å². The van der Waals surface area contributed by atoms with Crippen LogP contribution in [-0.4, -0.2) is 18.1 Å². The summed E-state index contributed by atoms with van der Waals surface area (Å²) in [5.41, 5.74) is 1.33. The second kappa shape index (κ2) is 22.9. The summed E-state index contributed by atoms with van der Waals surface area (Å²) in [6.45, 7) is 3.23. The van der Waals surface area contributed by atoms with Gasteiger partial charge in [0.2, 0.25) is 0 Å². The molecule has 0 aliphatic rings. The second-order valence-electron chi connectivity index (χ2n) is 8.11. The van der Waals surface area contributed by atoms with Crippen molar-refractivity contribution in [2.24, 2.45) is 0 Å². The molecule has 29 heavy (non-hydrogen) atoms. The molecule has 0 amide bonds. The molecular formula is C26H47NO2.